The van der Waals surface area contributed by atoms with Crippen molar-refractivity contribution in [2.75, 3.05) is 0 Å². The fourth-order valence-electron chi connectivity index (χ4n) is 8.28. The molecule has 0 aromatic rings. The molecule has 1 N–H and O–H groups in total. The summed E-state index contributed by atoms with van der Waals surface area (Å²) in [7, 11) is 0. The third-order valence-corrected chi connectivity index (χ3v) is 9.06. The zero-order chi connectivity index (χ0) is 21.0. The lowest BCUT2D eigenvalue weighted by molar-refractivity contribution is -0.134. The van der Waals surface area contributed by atoms with Gasteiger partial charge in [0.25, 0.3) is 5.97 Å². The Morgan fingerprint density at radius 2 is 1.86 bits per heavy atom. The summed E-state index contributed by atoms with van der Waals surface area (Å²) >= 11 is 0. The SMILES string of the molecule is CC(=O)C1CCC2C3CCC4=CC(=O)CCC45CC=CC(CC12C)C35.CC(=O)O. The van der Waals surface area contributed by atoms with Gasteiger partial charge in [0.1, 0.15) is 5.78 Å². The first-order chi connectivity index (χ1) is 13.7. The monoisotopic (exact) mass is 398 g/mol. The average Bonchev–Trinajstić information content (AvgIpc) is 2.98. The highest BCUT2D eigenvalue weighted by atomic mass is 16.4. The Balaban J connectivity index is 0.000000472. The maximum absolute atomic E-state index is 12.3. The van der Waals surface area contributed by atoms with Crippen LogP contribution in [0.15, 0.2) is 23.8 Å². The fourth-order valence-corrected chi connectivity index (χ4v) is 8.28. The Bertz CT molecular complexity index is 789. The number of aliphatic carboxylic acids is 1. The molecule has 5 aliphatic carbocycles. The van der Waals surface area contributed by atoms with Crippen LogP contribution in [-0.2, 0) is 14.4 Å². The third-order valence-electron chi connectivity index (χ3n) is 9.06. The second kappa shape index (κ2) is 7.21. The van der Waals surface area contributed by atoms with Crippen LogP contribution in [0.4, 0.5) is 0 Å². The molecule has 0 aromatic carbocycles. The van der Waals surface area contributed by atoms with E-state index >= 15 is 0 Å². The molecule has 4 heteroatoms. The van der Waals surface area contributed by atoms with E-state index < -0.39 is 5.97 Å². The van der Waals surface area contributed by atoms with E-state index in [0.717, 1.165) is 50.9 Å². The summed E-state index contributed by atoms with van der Waals surface area (Å²) in [5, 5.41) is 7.42. The van der Waals surface area contributed by atoms with Crippen LogP contribution in [0, 0.1) is 40.4 Å². The van der Waals surface area contributed by atoms with E-state index in [2.05, 4.69) is 19.1 Å². The van der Waals surface area contributed by atoms with E-state index in [1.165, 1.54) is 24.8 Å². The van der Waals surface area contributed by atoms with E-state index in [9.17, 15) is 9.59 Å². The van der Waals surface area contributed by atoms with Gasteiger partial charge >= 0.3 is 0 Å². The van der Waals surface area contributed by atoms with Crippen LogP contribution < -0.4 is 0 Å². The molecule has 0 aromatic heterocycles. The molecule has 0 bridgehead atoms. The standard InChI is InChI=1S/C23H30O2.C2H4O2/c1-14(24)19-7-8-20-18-6-5-16-12-17(25)9-11-23(16)10-3-4-15(21(18)23)13-22(19,20)2;1-2(3)4/h3-4,12,15,18-21H,5-11,13H2,1-2H3;1H3,(H,3,4). The van der Waals surface area contributed by atoms with Crippen LogP contribution in [0.5, 0.6) is 0 Å². The van der Waals surface area contributed by atoms with Gasteiger partial charge in [0.2, 0.25) is 0 Å². The minimum atomic E-state index is -0.833. The lowest BCUT2D eigenvalue weighted by Crippen LogP contribution is -2.56. The number of Topliss-reactive ketones (excluding diaryl/α,β-unsaturated/α-hetero) is 1. The first-order valence-corrected chi connectivity index (χ1v) is 11.3. The van der Waals surface area contributed by atoms with Crippen molar-refractivity contribution in [3.8, 4) is 0 Å². The minimum Gasteiger partial charge on any atom is -0.481 e. The van der Waals surface area contributed by atoms with Gasteiger partial charge in [0.15, 0.2) is 5.78 Å². The highest BCUT2D eigenvalue weighted by Gasteiger charge is 2.63. The van der Waals surface area contributed by atoms with Crippen molar-refractivity contribution in [1.29, 1.82) is 0 Å². The number of ketones is 2. The van der Waals surface area contributed by atoms with Crippen molar-refractivity contribution in [2.45, 2.75) is 72.1 Å². The summed E-state index contributed by atoms with van der Waals surface area (Å²) in [6.45, 7) is 5.33. The summed E-state index contributed by atoms with van der Waals surface area (Å²) in [6.07, 6.45) is 15.8. The van der Waals surface area contributed by atoms with E-state index in [0.29, 0.717) is 23.4 Å². The summed E-state index contributed by atoms with van der Waals surface area (Å²) in [5.41, 5.74) is 1.95. The number of rotatable bonds is 1. The smallest absolute Gasteiger partial charge is 0.300 e. The van der Waals surface area contributed by atoms with Gasteiger partial charge in [-0.05, 0) is 92.4 Å². The topological polar surface area (TPSA) is 71.4 Å². The van der Waals surface area contributed by atoms with Crippen molar-refractivity contribution in [1.82, 2.24) is 0 Å². The molecular formula is C25H34O4. The fraction of sp³-hybridized carbons (Fsp3) is 0.720. The molecular weight excluding hydrogens is 364 g/mol. The lowest BCUT2D eigenvalue weighted by Gasteiger charge is -2.62. The number of carbonyl (C=O) groups excluding carboxylic acids is 2. The molecule has 29 heavy (non-hydrogen) atoms. The highest BCUT2D eigenvalue weighted by molar-refractivity contribution is 5.91. The largest absolute Gasteiger partial charge is 0.481 e. The molecule has 3 saturated carbocycles. The number of hydrogen-bond donors (Lipinski definition) is 1. The number of allylic oxidation sites excluding steroid dienone is 3. The molecule has 0 amide bonds. The van der Waals surface area contributed by atoms with Gasteiger partial charge in [-0.3, -0.25) is 14.4 Å². The molecule has 7 atom stereocenters. The molecule has 158 valence electrons. The van der Waals surface area contributed by atoms with Gasteiger partial charge in [0, 0.05) is 19.3 Å². The minimum absolute atomic E-state index is 0.201. The summed E-state index contributed by atoms with van der Waals surface area (Å²) < 4.78 is 0. The number of carbonyl (C=O) groups is 3. The molecule has 5 rings (SSSR count). The Kier molecular flexibility index (Phi) is 5.11. The lowest BCUT2D eigenvalue weighted by atomic mass is 9.41. The number of carboxylic acids is 1. The second-order valence-corrected chi connectivity index (χ2v) is 10.4. The van der Waals surface area contributed by atoms with E-state index in [-0.39, 0.29) is 16.7 Å². The van der Waals surface area contributed by atoms with Crippen LogP contribution >= 0.6 is 0 Å². The maximum atomic E-state index is 12.3. The van der Waals surface area contributed by atoms with Crippen LogP contribution in [0.25, 0.3) is 0 Å². The molecule has 3 fully saturated rings. The molecule has 1 spiro atoms. The molecule has 7 unspecified atom stereocenters. The summed E-state index contributed by atoms with van der Waals surface area (Å²) in [4.78, 5) is 33.4. The quantitative estimate of drug-likeness (QED) is 0.632. The average molecular weight is 399 g/mol. The molecule has 4 nitrogen and oxygen atoms in total. The first-order valence-electron chi connectivity index (χ1n) is 11.3. The zero-order valence-corrected chi connectivity index (χ0v) is 17.9. The van der Waals surface area contributed by atoms with Gasteiger partial charge in [0.05, 0.1) is 0 Å². The second-order valence-electron chi connectivity index (χ2n) is 10.4. The van der Waals surface area contributed by atoms with Crippen molar-refractivity contribution < 1.29 is 19.5 Å². The van der Waals surface area contributed by atoms with Crippen LogP contribution in [-0.4, -0.2) is 22.6 Å². The molecule has 0 aliphatic heterocycles. The van der Waals surface area contributed by atoms with Gasteiger partial charge in [-0.25, -0.2) is 0 Å². The summed E-state index contributed by atoms with van der Waals surface area (Å²) in [5.74, 6) is 3.00. The van der Waals surface area contributed by atoms with Crippen LogP contribution in [0.3, 0.4) is 0 Å². The molecule has 0 radical (unpaired) electrons. The van der Waals surface area contributed by atoms with Crippen molar-refractivity contribution in [2.24, 2.45) is 40.4 Å². The zero-order valence-electron chi connectivity index (χ0n) is 17.9. The number of hydrogen-bond acceptors (Lipinski definition) is 3. The van der Waals surface area contributed by atoms with Crippen molar-refractivity contribution in [3.05, 3.63) is 23.8 Å². The van der Waals surface area contributed by atoms with Gasteiger partial charge in [-0.2, -0.15) is 0 Å². The normalized spacial score (nSPS) is 44.4. The van der Waals surface area contributed by atoms with Crippen molar-refractivity contribution in [3.63, 3.8) is 0 Å². The highest BCUT2D eigenvalue weighted by Crippen LogP contribution is 2.70. The van der Waals surface area contributed by atoms with E-state index in [4.69, 9.17) is 9.90 Å². The van der Waals surface area contributed by atoms with Crippen LogP contribution in [0.2, 0.25) is 0 Å². The summed E-state index contributed by atoms with van der Waals surface area (Å²) in [6, 6.07) is 0. The predicted octanol–water partition coefficient (Wildman–Crippen LogP) is 4.98. The number of carboxylic acid groups (broad SMARTS) is 1. The third kappa shape index (κ3) is 3.14. The van der Waals surface area contributed by atoms with E-state index in [1.54, 1.807) is 0 Å². The molecule has 5 aliphatic rings. The van der Waals surface area contributed by atoms with Crippen molar-refractivity contribution >= 4 is 17.5 Å². The predicted molar refractivity (Wildman–Crippen MR) is 111 cm³/mol. The Morgan fingerprint density at radius 3 is 2.55 bits per heavy atom. The van der Waals surface area contributed by atoms with E-state index in [1.807, 2.05) is 13.0 Å². The first kappa shape index (κ1) is 20.6. The Labute approximate surface area is 173 Å². The van der Waals surface area contributed by atoms with Gasteiger partial charge in [-0.15, -0.1) is 0 Å². The van der Waals surface area contributed by atoms with Gasteiger partial charge < -0.3 is 5.11 Å². The molecule has 0 heterocycles. The number of fused-ring (bicyclic) bond motifs is 2. The van der Waals surface area contributed by atoms with Gasteiger partial charge in [-0.1, -0.05) is 24.6 Å². The Morgan fingerprint density at radius 1 is 1.14 bits per heavy atom. The molecule has 0 saturated heterocycles. The Hall–Kier alpha value is -1.71. The van der Waals surface area contributed by atoms with Crippen LogP contribution in [0.1, 0.15) is 72.1 Å². The maximum Gasteiger partial charge on any atom is 0.300 e.